The largest absolute Gasteiger partial charge is 0.377 e. The first-order valence-electron chi connectivity index (χ1n) is 5.24. The van der Waals surface area contributed by atoms with Crippen LogP contribution in [0.25, 0.3) is 0 Å². The summed E-state index contributed by atoms with van der Waals surface area (Å²) >= 11 is 0. The lowest BCUT2D eigenvalue weighted by Crippen LogP contribution is -2.43. The molecule has 0 atom stereocenters. The molecule has 0 amide bonds. The van der Waals surface area contributed by atoms with E-state index >= 15 is 0 Å². The van der Waals surface area contributed by atoms with Crippen LogP contribution in [-0.4, -0.2) is 23.8 Å². The van der Waals surface area contributed by atoms with Gasteiger partial charge in [-0.25, -0.2) is 0 Å². The highest BCUT2D eigenvalue weighted by Gasteiger charge is 2.29. The summed E-state index contributed by atoms with van der Waals surface area (Å²) in [4.78, 5) is 2.26. The Kier molecular flexibility index (Phi) is 2.66. The van der Waals surface area contributed by atoms with Crippen molar-refractivity contribution in [1.82, 2.24) is 0 Å². The molecule has 1 heterocycles. The standard InChI is InChI=1S/C13H15NO/c1-2-13(15)8-10-14(11-9-13)12-6-4-3-5-7-12/h1,3-7,15H,8-11H2. The summed E-state index contributed by atoms with van der Waals surface area (Å²) in [5.74, 6) is 2.48. The second-order valence-corrected chi connectivity index (χ2v) is 4.00. The maximum Gasteiger partial charge on any atom is 0.128 e. The van der Waals surface area contributed by atoms with Crippen molar-refractivity contribution in [1.29, 1.82) is 0 Å². The summed E-state index contributed by atoms with van der Waals surface area (Å²) in [6.45, 7) is 1.65. The van der Waals surface area contributed by atoms with Gasteiger partial charge in [-0.05, 0) is 12.1 Å². The van der Waals surface area contributed by atoms with Crippen LogP contribution in [0.4, 0.5) is 5.69 Å². The van der Waals surface area contributed by atoms with E-state index in [1.807, 2.05) is 18.2 Å². The van der Waals surface area contributed by atoms with E-state index in [1.165, 1.54) is 5.69 Å². The lowest BCUT2D eigenvalue weighted by molar-refractivity contribution is 0.0748. The number of hydrogen-bond acceptors (Lipinski definition) is 2. The Morgan fingerprint density at radius 1 is 1.20 bits per heavy atom. The molecule has 0 bridgehead atoms. The molecule has 1 aromatic carbocycles. The van der Waals surface area contributed by atoms with Gasteiger partial charge in [0.15, 0.2) is 0 Å². The molecule has 2 nitrogen and oxygen atoms in total. The lowest BCUT2D eigenvalue weighted by atomic mass is 9.92. The van der Waals surface area contributed by atoms with Crippen molar-refractivity contribution in [3.63, 3.8) is 0 Å². The molecule has 1 aliphatic heterocycles. The van der Waals surface area contributed by atoms with Crippen LogP contribution < -0.4 is 4.90 Å². The Morgan fingerprint density at radius 3 is 2.33 bits per heavy atom. The van der Waals surface area contributed by atoms with Crippen LogP contribution in [0.15, 0.2) is 30.3 Å². The van der Waals surface area contributed by atoms with E-state index < -0.39 is 5.60 Å². The Bertz CT molecular complexity index is 358. The van der Waals surface area contributed by atoms with Gasteiger partial charge in [-0.1, -0.05) is 24.1 Å². The topological polar surface area (TPSA) is 23.5 Å². The molecule has 0 unspecified atom stereocenters. The van der Waals surface area contributed by atoms with Crippen LogP contribution in [0, 0.1) is 12.3 Å². The fourth-order valence-corrected chi connectivity index (χ4v) is 1.92. The Morgan fingerprint density at radius 2 is 1.80 bits per heavy atom. The van der Waals surface area contributed by atoms with E-state index in [0.29, 0.717) is 12.8 Å². The summed E-state index contributed by atoms with van der Waals surface area (Å²) in [6.07, 6.45) is 6.61. The summed E-state index contributed by atoms with van der Waals surface area (Å²) in [5, 5.41) is 9.88. The molecule has 78 valence electrons. The van der Waals surface area contributed by atoms with Crippen LogP contribution in [0.3, 0.4) is 0 Å². The number of hydrogen-bond donors (Lipinski definition) is 1. The monoisotopic (exact) mass is 201 g/mol. The number of para-hydroxylation sites is 1. The first-order valence-corrected chi connectivity index (χ1v) is 5.24. The number of aliphatic hydroxyl groups is 1. The minimum atomic E-state index is -0.884. The van der Waals surface area contributed by atoms with Gasteiger partial charge in [-0.2, -0.15) is 0 Å². The third-order valence-corrected chi connectivity index (χ3v) is 2.98. The van der Waals surface area contributed by atoms with Crippen molar-refractivity contribution in [2.45, 2.75) is 18.4 Å². The zero-order valence-electron chi connectivity index (χ0n) is 8.69. The Labute approximate surface area is 90.5 Å². The molecule has 0 saturated carbocycles. The summed E-state index contributed by atoms with van der Waals surface area (Å²) in [7, 11) is 0. The first-order chi connectivity index (χ1) is 7.23. The van der Waals surface area contributed by atoms with Crippen molar-refractivity contribution >= 4 is 5.69 Å². The number of anilines is 1. The van der Waals surface area contributed by atoms with E-state index in [-0.39, 0.29) is 0 Å². The van der Waals surface area contributed by atoms with Gasteiger partial charge in [0, 0.05) is 31.6 Å². The quantitative estimate of drug-likeness (QED) is 0.698. The number of benzene rings is 1. The number of rotatable bonds is 1. The molecular formula is C13H15NO. The van der Waals surface area contributed by atoms with Crippen LogP contribution in [0.5, 0.6) is 0 Å². The van der Waals surface area contributed by atoms with Crippen LogP contribution in [0.1, 0.15) is 12.8 Å². The van der Waals surface area contributed by atoms with Gasteiger partial charge < -0.3 is 10.0 Å². The maximum absolute atomic E-state index is 9.88. The Balaban J connectivity index is 2.04. The van der Waals surface area contributed by atoms with Gasteiger partial charge in [0.2, 0.25) is 0 Å². The average Bonchev–Trinajstić information content (AvgIpc) is 2.31. The van der Waals surface area contributed by atoms with Gasteiger partial charge in [0.25, 0.3) is 0 Å². The summed E-state index contributed by atoms with van der Waals surface area (Å²) in [6, 6.07) is 10.2. The molecule has 1 fully saturated rings. The second kappa shape index (κ2) is 3.96. The highest BCUT2D eigenvalue weighted by atomic mass is 16.3. The zero-order valence-corrected chi connectivity index (χ0v) is 8.69. The van der Waals surface area contributed by atoms with Gasteiger partial charge in [0.1, 0.15) is 5.60 Å². The van der Waals surface area contributed by atoms with Crippen LogP contribution >= 0.6 is 0 Å². The highest BCUT2D eigenvalue weighted by Crippen LogP contribution is 2.25. The zero-order chi connectivity index (χ0) is 10.7. The molecule has 1 aromatic rings. The molecule has 2 rings (SSSR count). The predicted molar refractivity (Wildman–Crippen MR) is 61.7 cm³/mol. The summed E-state index contributed by atoms with van der Waals surface area (Å²) < 4.78 is 0. The van der Waals surface area contributed by atoms with E-state index in [4.69, 9.17) is 6.42 Å². The maximum atomic E-state index is 9.88. The molecule has 0 spiro atoms. The number of nitrogens with zero attached hydrogens (tertiary/aromatic N) is 1. The third-order valence-electron chi connectivity index (χ3n) is 2.98. The van der Waals surface area contributed by atoms with Gasteiger partial charge in [-0.3, -0.25) is 0 Å². The van der Waals surface area contributed by atoms with E-state index in [9.17, 15) is 5.11 Å². The fourth-order valence-electron chi connectivity index (χ4n) is 1.92. The van der Waals surface area contributed by atoms with Gasteiger partial charge in [0.05, 0.1) is 0 Å². The smallest absolute Gasteiger partial charge is 0.128 e. The lowest BCUT2D eigenvalue weighted by Gasteiger charge is -2.36. The van der Waals surface area contributed by atoms with Crippen molar-refractivity contribution in [3.05, 3.63) is 30.3 Å². The van der Waals surface area contributed by atoms with E-state index in [0.717, 1.165) is 13.1 Å². The van der Waals surface area contributed by atoms with Crippen molar-refractivity contribution in [2.24, 2.45) is 0 Å². The fraction of sp³-hybridized carbons (Fsp3) is 0.385. The van der Waals surface area contributed by atoms with Crippen molar-refractivity contribution < 1.29 is 5.11 Å². The molecular weight excluding hydrogens is 186 g/mol. The second-order valence-electron chi connectivity index (χ2n) is 4.00. The third kappa shape index (κ3) is 2.14. The van der Waals surface area contributed by atoms with Crippen LogP contribution in [0.2, 0.25) is 0 Å². The molecule has 15 heavy (non-hydrogen) atoms. The van der Waals surface area contributed by atoms with Crippen molar-refractivity contribution in [3.8, 4) is 12.3 Å². The molecule has 0 aromatic heterocycles. The molecule has 1 aliphatic rings. The molecule has 0 aliphatic carbocycles. The normalized spacial score (nSPS) is 19.6. The van der Waals surface area contributed by atoms with Gasteiger partial charge >= 0.3 is 0 Å². The minimum Gasteiger partial charge on any atom is -0.377 e. The molecule has 2 heteroatoms. The number of terminal acetylenes is 1. The van der Waals surface area contributed by atoms with Crippen LogP contribution in [-0.2, 0) is 0 Å². The summed E-state index contributed by atoms with van der Waals surface area (Å²) in [5.41, 5.74) is 0.322. The number of piperidine rings is 1. The SMILES string of the molecule is C#CC1(O)CCN(c2ccccc2)CC1. The first kappa shape index (κ1) is 10.1. The average molecular weight is 201 g/mol. The molecule has 0 radical (unpaired) electrons. The molecule has 1 N–H and O–H groups in total. The van der Waals surface area contributed by atoms with E-state index in [2.05, 4.69) is 23.0 Å². The van der Waals surface area contributed by atoms with Crippen molar-refractivity contribution in [2.75, 3.05) is 18.0 Å². The molecule has 1 saturated heterocycles. The van der Waals surface area contributed by atoms with Gasteiger partial charge in [-0.15, -0.1) is 6.42 Å². The highest BCUT2D eigenvalue weighted by molar-refractivity contribution is 5.46. The van der Waals surface area contributed by atoms with E-state index in [1.54, 1.807) is 0 Å². The predicted octanol–water partition coefficient (Wildman–Crippen LogP) is 1.65. The minimum absolute atomic E-state index is 0.651. The Hall–Kier alpha value is -1.46.